The van der Waals surface area contributed by atoms with E-state index in [1.54, 1.807) is 22.8 Å². The minimum atomic E-state index is -0.611. The van der Waals surface area contributed by atoms with Crippen molar-refractivity contribution in [2.24, 2.45) is 5.73 Å². The highest BCUT2D eigenvalue weighted by Gasteiger charge is 2.34. The first-order valence-corrected chi connectivity index (χ1v) is 10.6. The second-order valence-electron chi connectivity index (χ2n) is 7.38. The van der Waals surface area contributed by atoms with E-state index in [1.807, 2.05) is 19.1 Å². The molecule has 1 aliphatic rings. The first-order chi connectivity index (χ1) is 14.4. The molecule has 0 amide bonds. The van der Waals surface area contributed by atoms with Gasteiger partial charge in [-0.15, -0.1) is 0 Å². The molecule has 2 N–H and O–H groups in total. The summed E-state index contributed by atoms with van der Waals surface area (Å²) in [7, 11) is 0. The van der Waals surface area contributed by atoms with Crippen molar-refractivity contribution >= 4 is 11.6 Å². The molecule has 0 spiro atoms. The van der Waals surface area contributed by atoms with Gasteiger partial charge in [-0.1, -0.05) is 37.6 Å². The Bertz CT molecular complexity index is 1060. The van der Waals surface area contributed by atoms with Crippen molar-refractivity contribution in [2.45, 2.75) is 39.7 Å². The average molecular weight is 427 g/mol. The van der Waals surface area contributed by atoms with E-state index >= 15 is 0 Å². The third-order valence-corrected chi connectivity index (χ3v) is 5.86. The van der Waals surface area contributed by atoms with Crippen LogP contribution in [0.25, 0.3) is 0 Å². The minimum absolute atomic E-state index is 0.0214. The van der Waals surface area contributed by atoms with Crippen LogP contribution >= 0.6 is 11.6 Å². The normalized spacial score (nSPS) is 15.7. The van der Waals surface area contributed by atoms with Gasteiger partial charge in [0.05, 0.1) is 11.5 Å². The summed E-state index contributed by atoms with van der Waals surface area (Å²) in [5.41, 5.74) is 8.07. The van der Waals surface area contributed by atoms with Gasteiger partial charge < -0.3 is 19.9 Å². The maximum Gasteiger partial charge on any atom is 0.258 e. The summed E-state index contributed by atoms with van der Waals surface area (Å²) < 4.78 is 7.46. The van der Waals surface area contributed by atoms with Crippen molar-refractivity contribution in [1.82, 2.24) is 9.47 Å². The first-order valence-electron chi connectivity index (χ1n) is 10.2. The lowest BCUT2D eigenvalue weighted by Crippen LogP contribution is -2.33. The summed E-state index contributed by atoms with van der Waals surface area (Å²) in [6, 6.07) is 11.1. The van der Waals surface area contributed by atoms with Crippen molar-refractivity contribution in [3.63, 3.8) is 0 Å². The molecule has 6 nitrogen and oxygen atoms in total. The van der Waals surface area contributed by atoms with Crippen molar-refractivity contribution in [1.29, 1.82) is 5.26 Å². The number of benzene rings is 1. The largest absolute Gasteiger partial charge is 0.440 e. The molecule has 1 aromatic heterocycles. The van der Waals surface area contributed by atoms with Gasteiger partial charge in [0.15, 0.2) is 0 Å². The van der Waals surface area contributed by atoms with Crippen LogP contribution in [-0.2, 0) is 6.54 Å². The van der Waals surface area contributed by atoms with Crippen LogP contribution in [0.15, 0.2) is 46.6 Å². The third kappa shape index (κ3) is 4.23. The van der Waals surface area contributed by atoms with Gasteiger partial charge in [0, 0.05) is 23.3 Å². The number of ether oxygens (including phenoxy) is 1. The summed E-state index contributed by atoms with van der Waals surface area (Å²) in [5.74, 6) is -0.188. The maximum absolute atomic E-state index is 13.5. The molecular formula is C23H27ClN4O2. The highest BCUT2D eigenvalue weighted by atomic mass is 35.5. The molecule has 1 aliphatic heterocycles. The second kappa shape index (κ2) is 9.38. The zero-order valence-electron chi connectivity index (χ0n) is 17.6. The molecule has 30 heavy (non-hydrogen) atoms. The van der Waals surface area contributed by atoms with E-state index in [9.17, 15) is 10.1 Å². The van der Waals surface area contributed by atoms with Crippen LogP contribution < -0.4 is 16.0 Å². The van der Waals surface area contributed by atoms with E-state index in [2.05, 4.69) is 24.8 Å². The summed E-state index contributed by atoms with van der Waals surface area (Å²) in [4.78, 5) is 15.9. The Balaban J connectivity index is 2.08. The number of aryl methyl sites for hydroxylation is 1. The number of halogens is 1. The number of hydrogen-bond donors (Lipinski definition) is 1. The van der Waals surface area contributed by atoms with Gasteiger partial charge in [0.1, 0.15) is 17.4 Å². The number of nitrogens with two attached hydrogens (primary N) is 1. The van der Waals surface area contributed by atoms with Crippen LogP contribution in [-0.4, -0.2) is 29.1 Å². The predicted octanol–water partition coefficient (Wildman–Crippen LogP) is 3.76. The summed E-state index contributed by atoms with van der Waals surface area (Å²) in [5, 5.41) is 10.3. The topological polar surface area (TPSA) is 84.3 Å². The Morgan fingerprint density at radius 2 is 2.03 bits per heavy atom. The van der Waals surface area contributed by atoms with Crippen molar-refractivity contribution < 1.29 is 4.74 Å². The van der Waals surface area contributed by atoms with E-state index in [0.717, 1.165) is 37.3 Å². The molecule has 1 aromatic carbocycles. The van der Waals surface area contributed by atoms with Gasteiger partial charge in [-0.25, -0.2) is 0 Å². The number of hydrogen-bond acceptors (Lipinski definition) is 5. The maximum atomic E-state index is 13.5. The molecule has 0 aliphatic carbocycles. The molecule has 2 heterocycles. The quantitative estimate of drug-likeness (QED) is 0.728. The molecule has 0 radical (unpaired) electrons. The number of rotatable bonds is 7. The molecule has 3 rings (SSSR count). The zero-order chi connectivity index (χ0) is 21.8. The summed E-state index contributed by atoms with van der Waals surface area (Å²) in [6.07, 6.45) is 0.854. The fraction of sp³-hybridized carbons (Fsp3) is 0.391. The van der Waals surface area contributed by atoms with Crippen LogP contribution in [0.1, 0.15) is 43.0 Å². The Kier molecular flexibility index (Phi) is 6.86. The van der Waals surface area contributed by atoms with Crippen LogP contribution in [0.4, 0.5) is 0 Å². The van der Waals surface area contributed by atoms with Gasteiger partial charge >= 0.3 is 0 Å². The van der Waals surface area contributed by atoms with E-state index < -0.39 is 5.92 Å². The molecule has 0 unspecified atom stereocenters. The van der Waals surface area contributed by atoms with Crippen LogP contribution in [0, 0.1) is 18.3 Å². The number of fused-ring (bicyclic) bond motifs is 1. The lowest BCUT2D eigenvalue weighted by Gasteiger charge is -2.27. The minimum Gasteiger partial charge on any atom is -0.440 e. The molecule has 0 fully saturated rings. The Hall–Kier alpha value is -2.75. The fourth-order valence-corrected chi connectivity index (χ4v) is 4.17. The number of allylic oxidation sites excluding steroid dienone is 1. The molecule has 1 atom stereocenters. The Morgan fingerprint density at radius 1 is 1.30 bits per heavy atom. The predicted molar refractivity (Wildman–Crippen MR) is 119 cm³/mol. The number of nitrogens with zero attached hydrogens (tertiary/aromatic N) is 3. The highest BCUT2D eigenvalue weighted by Crippen LogP contribution is 2.40. The van der Waals surface area contributed by atoms with Gasteiger partial charge in [-0.2, -0.15) is 5.26 Å². The van der Waals surface area contributed by atoms with Crippen molar-refractivity contribution in [3.8, 4) is 11.8 Å². The van der Waals surface area contributed by atoms with Crippen molar-refractivity contribution in [3.05, 3.63) is 74.0 Å². The second-order valence-corrected chi connectivity index (χ2v) is 7.82. The number of aromatic nitrogens is 1. The summed E-state index contributed by atoms with van der Waals surface area (Å²) >= 11 is 6.19. The van der Waals surface area contributed by atoms with E-state index in [1.165, 1.54) is 0 Å². The summed E-state index contributed by atoms with van der Waals surface area (Å²) in [6.45, 7) is 9.62. The first kappa shape index (κ1) is 21.9. The number of pyridine rings is 1. The lowest BCUT2D eigenvalue weighted by molar-refractivity contribution is 0.292. The zero-order valence-corrected chi connectivity index (χ0v) is 18.4. The average Bonchev–Trinajstić information content (AvgIpc) is 2.72. The van der Waals surface area contributed by atoms with E-state index in [0.29, 0.717) is 22.9 Å². The molecule has 0 bridgehead atoms. The van der Waals surface area contributed by atoms with Gasteiger partial charge in [0.25, 0.3) is 5.56 Å². The monoisotopic (exact) mass is 426 g/mol. The van der Waals surface area contributed by atoms with Gasteiger partial charge in [-0.05, 0) is 50.7 Å². The Labute approximate surface area is 182 Å². The molecule has 158 valence electrons. The third-order valence-electron chi connectivity index (χ3n) is 5.62. The van der Waals surface area contributed by atoms with Gasteiger partial charge in [0.2, 0.25) is 5.88 Å². The Morgan fingerprint density at radius 3 is 2.67 bits per heavy atom. The fourth-order valence-electron chi connectivity index (χ4n) is 3.98. The van der Waals surface area contributed by atoms with Crippen LogP contribution in [0.3, 0.4) is 0 Å². The smallest absolute Gasteiger partial charge is 0.258 e. The molecule has 7 heteroatoms. The van der Waals surface area contributed by atoms with Crippen molar-refractivity contribution in [2.75, 3.05) is 19.6 Å². The lowest BCUT2D eigenvalue weighted by atomic mass is 9.84. The van der Waals surface area contributed by atoms with E-state index in [-0.39, 0.29) is 17.0 Å². The van der Waals surface area contributed by atoms with Gasteiger partial charge in [-0.3, -0.25) is 4.79 Å². The van der Waals surface area contributed by atoms with E-state index in [4.69, 9.17) is 22.1 Å². The number of nitriles is 1. The molecular weight excluding hydrogens is 400 g/mol. The van der Waals surface area contributed by atoms with Crippen LogP contribution in [0.2, 0.25) is 5.02 Å². The molecule has 2 aromatic rings. The SMILES string of the molecule is CCN(CC)CCCn1c(C)cc2c(c1=O)[C@@H](c1cccc(Cl)c1)C(C#N)=C(N)O2. The van der Waals surface area contributed by atoms with Crippen LogP contribution in [0.5, 0.6) is 5.75 Å². The standard InChI is InChI=1S/C23H27ClN4O2/c1-4-27(5-2)10-7-11-28-15(3)12-19-21(23(28)29)20(18(14-25)22(26)30-19)16-8-6-9-17(24)13-16/h6,8-9,12-13,20H,4-5,7,10-11,26H2,1-3H3/t20-/m0/s1. The molecule has 0 saturated heterocycles. The molecule has 0 saturated carbocycles. The highest BCUT2D eigenvalue weighted by molar-refractivity contribution is 6.30.